The molecule has 1 spiro atoms. The van der Waals surface area contributed by atoms with Crippen molar-refractivity contribution >= 4 is 23.0 Å². The summed E-state index contributed by atoms with van der Waals surface area (Å²) in [6.07, 6.45) is 5.62. The Kier molecular flexibility index (Phi) is 6.30. The lowest BCUT2D eigenvalue weighted by atomic mass is 9.86. The molecule has 0 radical (unpaired) electrons. The van der Waals surface area contributed by atoms with Crippen LogP contribution in [0.3, 0.4) is 0 Å². The number of benzene rings is 1. The number of aromatic nitrogens is 2. The van der Waals surface area contributed by atoms with Gasteiger partial charge in [-0.05, 0) is 42.8 Å². The van der Waals surface area contributed by atoms with Crippen LogP contribution in [0.1, 0.15) is 47.8 Å². The Labute approximate surface area is 201 Å². The molecule has 5 rings (SSSR count). The first-order chi connectivity index (χ1) is 16.5. The first kappa shape index (κ1) is 22.5. The van der Waals surface area contributed by atoms with E-state index in [2.05, 4.69) is 32.2 Å². The Morgan fingerprint density at radius 3 is 2.76 bits per heavy atom. The largest absolute Gasteiger partial charge is 0.494 e. The first-order valence-electron chi connectivity index (χ1n) is 11.4. The van der Waals surface area contributed by atoms with Gasteiger partial charge >= 0.3 is 5.97 Å². The molecule has 0 unspecified atom stereocenters. The summed E-state index contributed by atoms with van der Waals surface area (Å²) in [5.41, 5.74) is 3.66. The number of pyridine rings is 1. The van der Waals surface area contributed by atoms with Crippen molar-refractivity contribution in [1.29, 1.82) is 0 Å². The van der Waals surface area contributed by atoms with Crippen LogP contribution in [0.4, 0.5) is 0 Å². The van der Waals surface area contributed by atoms with E-state index in [0.29, 0.717) is 18.7 Å². The van der Waals surface area contributed by atoms with Crippen LogP contribution in [0.2, 0.25) is 0 Å². The van der Waals surface area contributed by atoms with Gasteiger partial charge in [-0.3, -0.25) is 9.88 Å². The number of carboxylic acid groups (broad SMARTS) is 1. The van der Waals surface area contributed by atoms with Crippen LogP contribution in [0.15, 0.2) is 53.3 Å². The second kappa shape index (κ2) is 9.52. The summed E-state index contributed by atoms with van der Waals surface area (Å²) in [6, 6.07) is 9.50. The molecule has 3 aromatic rings. The molecule has 1 fully saturated rings. The maximum atomic E-state index is 11.1. The van der Waals surface area contributed by atoms with E-state index in [-0.39, 0.29) is 11.2 Å². The Hall–Kier alpha value is -3.30. The Bertz CT molecular complexity index is 1190. The molecule has 4 heterocycles. The van der Waals surface area contributed by atoms with Crippen molar-refractivity contribution < 1.29 is 19.5 Å². The molecule has 2 aliphatic heterocycles. The molecular weight excluding hydrogens is 452 g/mol. The Morgan fingerprint density at radius 1 is 1.24 bits per heavy atom. The summed E-state index contributed by atoms with van der Waals surface area (Å²) in [6.45, 7) is 5.23. The summed E-state index contributed by atoms with van der Waals surface area (Å²) in [5.74, 6) is -0.109. The van der Waals surface area contributed by atoms with Crippen molar-refractivity contribution in [2.75, 3.05) is 19.7 Å². The van der Waals surface area contributed by atoms with Crippen LogP contribution >= 0.6 is 11.3 Å². The second-order valence-corrected chi connectivity index (χ2v) is 9.49. The number of carboxylic acids is 1. The van der Waals surface area contributed by atoms with E-state index in [0.717, 1.165) is 54.5 Å². The third kappa shape index (κ3) is 4.67. The Balaban J connectivity index is 1.24. The normalized spacial score (nSPS) is 17.4. The van der Waals surface area contributed by atoms with E-state index in [4.69, 9.17) is 14.7 Å². The molecule has 0 bridgehead atoms. The van der Waals surface area contributed by atoms with Crippen LogP contribution in [0, 0.1) is 0 Å². The molecular formula is C25H26N4O4S. The van der Waals surface area contributed by atoms with Gasteiger partial charge in [-0.1, -0.05) is 5.16 Å². The van der Waals surface area contributed by atoms with Gasteiger partial charge in [0, 0.05) is 62.2 Å². The van der Waals surface area contributed by atoms with E-state index < -0.39 is 5.97 Å². The van der Waals surface area contributed by atoms with Crippen LogP contribution in [0.25, 0.3) is 10.6 Å². The topological polar surface area (TPSA) is 97.1 Å². The number of piperidine rings is 1. The van der Waals surface area contributed by atoms with Crippen molar-refractivity contribution in [3.8, 4) is 16.3 Å². The van der Waals surface area contributed by atoms with E-state index in [1.54, 1.807) is 23.5 Å². The number of oxime groups is 1. The molecule has 34 heavy (non-hydrogen) atoms. The fourth-order valence-corrected chi connectivity index (χ4v) is 5.20. The van der Waals surface area contributed by atoms with Gasteiger partial charge in [0.2, 0.25) is 0 Å². The summed E-state index contributed by atoms with van der Waals surface area (Å²) in [7, 11) is 0. The van der Waals surface area contributed by atoms with Crippen LogP contribution < -0.4 is 4.74 Å². The Morgan fingerprint density at radius 2 is 2.09 bits per heavy atom. The monoisotopic (exact) mass is 478 g/mol. The minimum Gasteiger partial charge on any atom is -0.494 e. The third-order valence-electron chi connectivity index (χ3n) is 6.36. The summed E-state index contributed by atoms with van der Waals surface area (Å²) in [5, 5.41) is 16.4. The number of rotatable bonds is 7. The molecule has 8 nitrogen and oxygen atoms in total. The fraction of sp³-hybridized carbons (Fsp3) is 0.360. The molecule has 9 heteroatoms. The van der Waals surface area contributed by atoms with Crippen LogP contribution in [-0.2, 0) is 11.4 Å². The zero-order chi connectivity index (χ0) is 23.5. The van der Waals surface area contributed by atoms with Crippen molar-refractivity contribution in [2.45, 2.75) is 38.3 Å². The molecule has 1 aromatic carbocycles. The maximum absolute atomic E-state index is 11.1. The van der Waals surface area contributed by atoms with Crippen molar-refractivity contribution in [2.24, 2.45) is 5.16 Å². The molecule has 1 N–H and O–H groups in total. The molecule has 0 atom stereocenters. The van der Waals surface area contributed by atoms with Gasteiger partial charge in [-0.15, -0.1) is 11.3 Å². The summed E-state index contributed by atoms with van der Waals surface area (Å²) >= 11 is 1.64. The number of thiazole rings is 1. The molecule has 0 saturated carbocycles. The van der Waals surface area contributed by atoms with Gasteiger partial charge in [0.25, 0.3) is 0 Å². The quantitative estimate of drug-likeness (QED) is 0.535. The second-order valence-electron chi connectivity index (χ2n) is 8.59. The number of aromatic carboxylic acids is 1. The predicted molar refractivity (Wildman–Crippen MR) is 129 cm³/mol. The van der Waals surface area contributed by atoms with Crippen molar-refractivity contribution in [3.05, 3.63) is 64.9 Å². The molecule has 2 aromatic heterocycles. The van der Waals surface area contributed by atoms with Gasteiger partial charge in [0.05, 0.1) is 17.9 Å². The molecule has 0 aliphatic carbocycles. The lowest BCUT2D eigenvalue weighted by Crippen LogP contribution is -2.44. The van der Waals surface area contributed by atoms with Crippen molar-refractivity contribution in [3.63, 3.8) is 0 Å². The van der Waals surface area contributed by atoms with E-state index in [1.807, 2.05) is 24.6 Å². The maximum Gasteiger partial charge on any atom is 0.337 e. The number of hydrogen-bond acceptors (Lipinski definition) is 8. The van der Waals surface area contributed by atoms with Crippen LogP contribution in [-0.4, -0.2) is 57.0 Å². The van der Waals surface area contributed by atoms with Gasteiger partial charge in [-0.2, -0.15) is 0 Å². The average Bonchev–Trinajstić information content (AvgIpc) is 3.52. The molecule has 0 amide bonds. The van der Waals surface area contributed by atoms with Gasteiger partial charge in [-0.25, -0.2) is 9.78 Å². The van der Waals surface area contributed by atoms with Gasteiger partial charge in [0.15, 0.2) is 0 Å². The predicted octanol–water partition coefficient (Wildman–Crippen LogP) is 4.46. The summed E-state index contributed by atoms with van der Waals surface area (Å²) < 4.78 is 5.75. The average molecular weight is 479 g/mol. The number of likely N-dealkylation sites (tertiary alicyclic amines) is 1. The fourth-order valence-electron chi connectivity index (χ4n) is 4.50. The smallest absolute Gasteiger partial charge is 0.337 e. The number of hydrogen-bond donors (Lipinski definition) is 1. The van der Waals surface area contributed by atoms with E-state index in [1.165, 1.54) is 11.8 Å². The summed E-state index contributed by atoms with van der Waals surface area (Å²) in [4.78, 5) is 28.2. The highest BCUT2D eigenvalue weighted by atomic mass is 32.1. The molecule has 176 valence electrons. The zero-order valence-electron chi connectivity index (χ0n) is 18.9. The number of nitrogens with zero attached hydrogens (tertiary/aromatic N) is 4. The SMILES string of the molecule is CCOc1ccc(-c2nccs2)c(CN2CCC3(CC2)CC(c2ccc(C(=O)O)cn2)=NO3)c1. The zero-order valence-corrected chi connectivity index (χ0v) is 19.8. The molecule has 2 aliphatic rings. The lowest BCUT2D eigenvalue weighted by molar-refractivity contribution is -0.0626. The van der Waals surface area contributed by atoms with E-state index in [9.17, 15) is 4.79 Å². The van der Waals surface area contributed by atoms with Crippen molar-refractivity contribution in [1.82, 2.24) is 14.9 Å². The highest BCUT2D eigenvalue weighted by molar-refractivity contribution is 7.13. The standard InChI is InChI=1S/C25H26N4O4S/c1-2-32-19-4-5-20(23-26-9-12-34-23)18(13-19)16-29-10-7-25(8-11-29)14-22(28-33-25)21-6-3-17(15-27-21)24(30)31/h3-6,9,12-13,15H,2,7-8,10-11,14,16H2,1H3,(H,30,31). The van der Waals surface area contributed by atoms with Crippen LogP contribution in [0.5, 0.6) is 5.75 Å². The minimum absolute atomic E-state index is 0.164. The third-order valence-corrected chi connectivity index (χ3v) is 7.16. The highest BCUT2D eigenvalue weighted by Gasteiger charge is 2.42. The van der Waals surface area contributed by atoms with Gasteiger partial charge < -0.3 is 14.7 Å². The minimum atomic E-state index is -0.989. The van der Waals surface area contributed by atoms with E-state index >= 15 is 0 Å². The molecule has 1 saturated heterocycles. The highest BCUT2D eigenvalue weighted by Crippen LogP contribution is 2.37. The lowest BCUT2D eigenvalue weighted by Gasteiger charge is -2.37. The van der Waals surface area contributed by atoms with Gasteiger partial charge in [0.1, 0.15) is 22.1 Å². The first-order valence-corrected chi connectivity index (χ1v) is 12.3. The number of carbonyl (C=O) groups is 1. The number of ether oxygens (including phenoxy) is 1.